The van der Waals surface area contributed by atoms with Gasteiger partial charge in [-0.05, 0) is 44.6 Å². The number of aromatic nitrogens is 1. The molecular formula is C26H32N4O3+2. The zero-order valence-electron chi connectivity index (χ0n) is 19.6. The van der Waals surface area contributed by atoms with Crippen LogP contribution < -0.4 is 19.9 Å². The number of carbonyl (C=O) groups is 1. The molecule has 0 saturated heterocycles. The highest BCUT2D eigenvalue weighted by Gasteiger charge is 2.20. The largest absolute Gasteiger partial charge is 0.461 e. The summed E-state index contributed by atoms with van der Waals surface area (Å²) in [6, 6.07) is 12.1. The van der Waals surface area contributed by atoms with Crippen molar-refractivity contribution in [2.45, 2.75) is 33.7 Å². The van der Waals surface area contributed by atoms with Crippen molar-refractivity contribution in [1.82, 2.24) is 0 Å². The topological polar surface area (TPSA) is 94.1 Å². The van der Waals surface area contributed by atoms with E-state index in [4.69, 9.17) is 9.47 Å². The molecule has 1 aromatic heterocycles. The van der Waals surface area contributed by atoms with Crippen LogP contribution >= 0.6 is 0 Å². The maximum atomic E-state index is 11.9. The summed E-state index contributed by atoms with van der Waals surface area (Å²) in [5.41, 5.74) is 8.06. The second-order valence-corrected chi connectivity index (χ2v) is 7.82. The van der Waals surface area contributed by atoms with Gasteiger partial charge in [-0.2, -0.15) is 9.83 Å². The van der Waals surface area contributed by atoms with Crippen molar-refractivity contribution in [1.29, 1.82) is 5.26 Å². The van der Waals surface area contributed by atoms with Crippen LogP contribution in [0.25, 0.3) is 11.1 Å². The standard InChI is InChI=1S/C26H31N4O3/c1-4-30(5-2)21-7-8-22-19(3)15-24(33-25(22)16-21)23(17-28)20-9-12-29(13-10-20)18-26(31)32-14-6-11-27/h7-10,12-13,15-16H,4-6,11,14,18,27H2,1-3H3/q+1/p+1. The number of pyridine rings is 1. The third-order valence-electron chi connectivity index (χ3n) is 5.59. The van der Waals surface area contributed by atoms with E-state index in [1.54, 1.807) is 17.0 Å². The Morgan fingerprint density at radius 3 is 2.58 bits per heavy atom. The summed E-state index contributed by atoms with van der Waals surface area (Å²) in [7, 11) is 0. The number of nitrogens with zero attached hydrogens (tertiary/aromatic N) is 3. The molecule has 1 aliphatic heterocycles. The fourth-order valence-corrected chi connectivity index (χ4v) is 3.73. The number of quaternary nitrogens is 1. The zero-order valence-corrected chi connectivity index (χ0v) is 19.6. The van der Waals surface area contributed by atoms with Crippen LogP contribution in [0, 0.1) is 11.3 Å². The first-order valence-electron chi connectivity index (χ1n) is 11.3. The Kier molecular flexibility index (Phi) is 8.22. The second-order valence-electron chi connectivity index (χ2n) is 7.82. The molecular weight excluding hydrogens is 416 g/mol. The molecule has 0 amide bonds. The van der Waals surface area contributed by atoms with Crippen molar-refractivity contribution in [3.63, 3.8) is 0 Å². The number of anilines is 1. The summed E-state index contributed by atoms with van der Waals surface area (Å²) in [4.78, 5) is 14.2. The van der Waals surface area contributed by atoms with Crippen LogP contribution in [-0.2, 0) is 16.1 Å². The summed E-state index contributed by atoms with van der Waals surface area (Å²) in [6.45, 7) is 9.31. The number of hydrogen-bond acceptors (Lipinski definition) is 5. The van der Waals surface area contributed by atoms with Gasteiger partial charge in [-0.1, -0.05) is 0 Å². The number of nitriles is 1. The number of benzene rings is 1. The van der Waals surface area contributed by atoms with Gasteiger partial charge in [0.15, 0.2) is 12.4 Å². The monoisotopic (exact) mass is 448 g/mol. The fraction of sp³-hybridized carbons (Fsp3) is 0.346. The molecule has 0 radical (unpaired) electrons. The van der Waals surface area contributed by atoms with Gasteiger partial charge in [-0.25, -0.2) is 4.79 Å². The van der Waals surface area contributed by atoms with E-state index in [9.17, 15) is 10.1 Å². The minimum Gasteiger partial charge on any atom is -0.461 e. The van der Waals surface area contributed by atoms with E-state index in [1.807, 2.05) is 31.2 Å². The lowest BCUT2D eigenvalue weighted by molar-refractivity contribution is -0.686. The Hall–Kier alpha value is -3.63. The van der Waals surface area contributed by atoms with E-state index >= 15 is 0 Å². The number of carbonyl (C=O) groups excluding carboxylic acids is 1. The molecule has 0 unspecified atom stereocenters. The smallest absolute Gasteiger partial charge is 0.372 e. The lowest BCUT2D eigenvalue weighted by Gasteiger charge is -2.25. The molecule has 1 aromatic carbocycles. The molecule has 0 spiro atoms. The van der Waals surface area contributed by atoms with Crippen molar-refractivity contribution < 1.29 is 24.6 Å². The average molecular weight is 449 g/mol. The molecule has 0 atom stereocenters. The lowest BCUT2D eigenvalue weighted by atomic mass is 9.99. The van der Waals surface area contributed by atoms with Gasteiger partial charge in [0.25, 0.3) is 0 Å². The number of fused-ring (bicyclic) bond motifs is 1. The zero-order chi connectivity index (χ0) is 23.8. The van der Waals surface area contributed by atoms with Crippen LogP contribution in [0.4, 0.5) is 5.69 Å². The molecule has 0 aliphatic carbocycles. The van der Waals surface area contributed by atoms with Crippen molar-refractivity contribution in [2.75, 3.05) is 31.1 Å². The lowest BCUT2D eigenvalue weighted by Crippen LogP contribution is -2.50. The maximum absolute atomic E-state index is 11.9. The first kappa shape index (κ1) is 24.0. The van der Waals surface area contributed by atoms with E-state index in [1.165, 1.54) is 0 Å². The third-order valence-corrected chi connectivity index (χ3v) is 5.59. The Morgan fingerprint density at radius 2 is 1.94 bits per heavy atom. The number of hydrogen-bond donors (Lipinski definition) is 1. The molecule has 7 nitrogen and oxygen atoms in total. The summed E-state index contributed by atoms with van der Waals surface area (Å²) in [5, 5.41) is 9.91. The van der Waals surface area contributed by atoms with Crippen LogP contribution in [0.1, 0.15) is 38.3 Å². The molecule has 2 aromatic rings. The summed E-state index contributed by atoms with van der Waals surface area (Å²) >= 11 is 0. The molecule has 3 N–H and O–H groups in total. The Morgan fingerprint density at radius 1 is 1.21 bits per heavy atom. The van der Waals surface area contributed by atoms with Gasteiger partial charge < -0.3 is 20.1 Å². The van der Waals surface area contributed by atoms with Crippen molar-refractivity contribution in [2.24, 2.45) is 0 Å². The van der Waals surface area contributed by atoms with Gasteiger partial charge in [0.1, 0.15) is 23.2 Å². The molecule has 172 valence electrons. The van der Waals surface area contributed by atoms with E-state index < -0.39 is 0 Å². The molecule has 3 rings (SSSR count). The van der Waals surface area contributed by atoms with Gasteiger partial charge in [0.2, 0.25) is 6.54 Å². The third kappa shape index (κ3) is 5.79. The van der Waals surface area contributed by atoms with Crippen LogP contribution in [0.2, 0.25) is 0 Å². The fourth-order valence-electron chi connectivity index (χ4n) is 3.73. The molecule has 33 heavy (non-hydrogen) atoms. The summed E-state index contributed by atoms with van der Waals surface area (Å²) in [5.74, 6) is 0.970. The van der Waals surface area contributed by atoms with Gasteiger partial charge in [0, 0.05) is 54.5 Å². The molecule has 2 heterocycles. The predicted molar refractivity (Wildman–Crippen MR) is 127 cm³/mol. The first-order valence-corrected chi connectivity index (χ1v) is 11.3. The number of esters is 1. The molecule has 0 fully saturated rings. The van der Waals surface area contributed by atoms with E-state index in [0.717, 1.165) is 54.2 Å². The van der Waals surface area contributed by atoms with Gasteiger partial charge in [-0.15, -0.1) is 0 Å². The van der Waals surface area contributed by atoms with E-state index in [2.05, 4.69) is 42.7 Å². The van der Waals surface area contributed by atoms with Crippen LogP contribution in [0.15, 0.2) is 54.6 Å². The highest BCUT2D eigenvalue weighted by molar-refractivity contribution is 5.85. The minimum absolute atomic E-state index is 0.118. The highest BCUT2D eigenvalue weighted by atomic mass is 16.5. The SMILES string of the molecule is CCN(CC)c1ccc2c(c1)O/C(=C(/C#N)c1cc[n+](CC(=O)OCCC[NH3+])cc1)C=C2C. The van der Waals surface area contributed by atoms with E-state index in [0.29, 0.717) is 17.9 Å². The average Bonchev–Trinajstić information content (AvgIpc) is 2.81. The van der Waals surface area contributed by atoms with Crippen LogP contribution in [0.3, 0.4) is 0 Å². The normalized spacial score (nSPS) is 13.8. The summed E-state index contributed by atoms with van der Waals surface area (Å²) < 4.78 is 13.1. The van der Waals surface area contributed by atoms with E-state index in [-0.39, 0.29) is 12.5 Å². The molecule has 7 heteroatoms. The summed E-state index contributed by atoms with van der Waals surface area (Å²) in [6.07, 6.45) is 6.18. The van der Waals surface area contributed by atoms with Crippen molar-refractivity contribution in [3.8, 4) is 11.8 Å². The number of allylic oxidation sites excluding steroid dienone is 3. The maximum Gasteiger partial charge on any atom is 0.372 e. The van der Waals surface area contributed by atoms with Crippen LogP contribution in [0.5, 0.6) is 5.75 Å². The molecule has 0 saturated carbocycles. The minimum atomic E-state index is -0.296. The van der Waals surface area contributed by atoms with Crippen LogP contribution in [-0.4, -0.2) is 32.2 Å². The Balaban J connectivity index is 1.84. The molecule has 1 aliphatic rings. The Bertz CT molecular complexity index is 1090. The van der Waals surface area contributed by atoms with Crippen molar-refractivity contribution >= 4 is 22.8 Å². The van der Waals surface area contributed by atoms with Gasteiger partial charge in [-0.3, -0.25) is 0 Å². The predicted octanol–water partition coefficient (Wildman–Crippen LogP) is 2.73. The first-order chi connectivity index (χ1) is 16.0. The van der Waals surface area contributed by atoms with Crippen molar-refractivity contribution in [3.05, 3.63) is 65.7 Å². The number of ether oxygens (including phenoxy) is 2. The second kappa shape index (κ2) is 11.3. The number of rotatable bonds is 9. The van der Waals surface area contributed by atoms with Gasteiger partial charge in [0.05, 0.1) is 13.2 Å². The van der Waals surface area contributed by atoms with Gasteiger partial charge >= 0.3 is 5.97 Å². The Labute approximate surface area is 195 Å². The molecule has 0 bridgehead atoms. The quantitative estimate of drug-likeness (QED) is 0.276. The highest BCUT2D eigenvalue weighted by Crippen LogP contribution is 2.38.